The molecule has 1 atom stereocenters. The number of carboxylic acids is 1. The molecule has 1 fully saturated rings. The van der Waals surface area contributed by atoms with E-state index in [4.69, 9.17) is 9.84 Å². The Balaban J connectivity index is 2.08. The molecule has 1 aliphatic heterocycles. The molecule has 1 heterocycles. The molecule has 1 aliphatic rings. The van der Waals surface area contributed by atoms with Gasteiger partial charge in [0.15, 0.2) is 0 Å². The van der Waals surface area contributed by atoms with Crippen molar-refractivity contribution in [3.05, 3.63) is 33.8 Å². The van der Waals surface area contributed by atoms with Gasteiger partial charge >= 0.3 is 5.97 Å². The molecule has 104 valence electrons. The van der Waals surface area contributed by atoms with E-state index in [9.17, 15) is 4.79 Å². The number of carbonyl (C=O) groups is 1. The molecule has 0 amide bonds. The minimum atomic E-state index is -0.775. The summed E-state index contributed by atoms with van der Waals surface area (Å²) in [4.78, 5) is 13.1. The van der Waals surface area contributed by atoms with Gasteiger partial charge in [0.1, 0.15) is 0 Å². The largest absolute Gasteiger partial charge is 0.481 e. The summed E-state index contributed by atoms with van der Waals surface area (Å²) in [5.41, 5.74) is 2.39. The second-order valence-corrected chi connectivity index (χ2v) is 5.75. The summed E-state index contributed by atoms with van der Waals surface area (Å²) in [7, 11) is 0. The van der Waals surface area contributed by atoms with Crippen LogP contribution in [0.1, 0.15) is 17.5 Å². The fourth-order valence-electron chi connectivity index (χ4n) is 2.29. The first kappa shape index (κ1) is 14.5. The number of aryl methyl sites for hydroxylation is 1. The quantitative estimate of drug-likeness (QED) is 0.922. The van der Waals surface area contributed by atoms with Crippen molar-refractivity contribution in [2.45, 2.75) is 25.9 Å². The van der Waals surface area contributed by atoms with Gasteiger partial charge in [-0.2, -0.15) is 0 Å². The fraction of sp³-hybridized carbons (Fsp3) is 0.500. The van der Waals surface area contributed by atoms with Gasteiger partial charge in [0.2, 0.25) is 0 Å². The van der Waals surface area contributed by atoms with Gasteiger partial charge in [-0.1, -0.05) is 28.1 Å². The lowest BCUT2D eigenvalue weighted by atomic mass is 10.1. The van der Waals surface area contributed by atoms with Crippen LogP contribution in [0.5, 0.6) is 0 Å². The van der Waals surface area contributed by atoms with E-state index in [1.54, 1.807) is 0 Å². The molecule has 19 heavy (non-hydrogen) atoms. The van der Waals surface area contributed by atoms with E-state index < -0.39 is 5.97 Å². The topological polar surface area (TPSA) is 49.8 Å². The van der Waals surface area contributed by atoms with E-state index in [0.717, 1.165) is 17.6 Å². The molecule has 0 aromatic heterocycles. The van der Waals surface area contributed by atoms with Crippen LogP contribution in [0.4, 0.5) is 0 Å². The second kappa shape index (κ2) is 6.50. The smallest absolute Gasteiger partial charge is 0.305 e. The Bertz CT molecular complexity index is 464. The van der Waals surface area contributed by atoms with Crippen molar-refractivity contribution in [2.75, 3.05) is 19.8 Å². The molecule has 1 N–H and O–H groups in total. The van der Waals surface area contributed by atoms with Crippen molar-refractivity contribution in [1.29, 1.82) is 0 Å². The first-order valence-electron chi connectivity index (χ1n) is 6.35. The second-order valence-electron chi connectivity index (χ2n) is 4.89. The molecule has 1 aromatic carbocycles. The first-order chi connectivity index (χ1) is 9.06. The van der Waals surface area contributed by atoms with Crippen molar-refractivity contribution in [3.8, 4) is 0 Å². The molecule has 1 aromatic rings. The number of halogens is 1. The first-order valence-corrected chi connectivity index (χ1v) is 7.14. The maximum atomic E-state index is 10.9. The van der Waals surface area contributed by atoms with Crippen LogP contribution in [0.25, 0.3) is 0 Å². The molecule has 0 radical (unpaired) electrons. The molecule has 0 saturated carbocycles. The number of nitrogens with zero attached hydrogens (tertiary/aromatic N) is 1. The van der Waals surface area contributed by atoms with Crippen LogP contribution in [-0.4, -0.2) is 41.8 Å². The van der Waals surface area contributed by atoms with Crippen molar-refractivity contribution in [3.63, 3.8) is 0 Å². The SMILES string of the molecule is Cc1ccc(CN2CCOCC2CC(=O)O)c(Br)c1. The van der Waals surface area contributed by atoms with Gasteiger partial charge in [-0.15, -0.1) is 0 Å². The number of rotatable bonds is 4. The highest BCUT2D eigenvalue weighted by Gasteiger charge is 2.25. The van der Waals surface area contributed by atoms with Gasteiger partial charge in [0.05, 0.1) is 19.6 Å². The summed E-state index contributed by atoms with van der Waals surface area (Å²) < 4.78 is 6.46. The molecule has 0 aliphatic carbocycles. The predicted molar refractivity (Wildman–Crippen MR) is 76.1 cm³/mol. The lowest BCUT2D eigenvalue weighted by Crippen LogP contribution is -2.45. The Labute approximate surface area is 121 Å². The number of aliphatic carboxylic acids is 1. The molecule has 1 unspecified atom stereocenters. The zero-order valence-electron chi connectivity index (χ0n) is 10.9. The van der Waals surface area contributed by atoms with E-state index in [1.165, 1.54) is 11.1 Å². The van der Waals surface area contributed by atoms with E-state index in [1.807, 2.05) is 0 Å². The van der Waals surface area contributed by atoms with Gasteiger partial charge < -0.3 is 9.84 Å². The van der Waals surface area contributed by atoms with Crippen molar-refractivity contribution in [1.82, 2.24) is 4.90 Å². The number of ether oxygens (including phenoxy) is 1. The fourth-order valence-corrected chi connectivity index (χ4v) is 2.90. The summed E-state index contributed by atoms with van der Waals surface area (Å²) in [5.74, 6) is -0.775. The molecule has 0 spiro atoms. The monoisotopic (exact) mass is 327 g/mol. The van der Waals surface area contributed by atoms with Gasteiger partial charge in [-0.25, -0.2) is 0 Å². The Hall–Kier alpha value is -0.910. The van der Waals surface area contributed by atoms with Crippen molar-refractivity contribution < 1.29 is 14.6 Å². The summed E-state index contributed by atoms with van der Waals surface area (Å²) in [6, 6.07) is 6.21. The minimum absolute atomic E-state index is 0.0422. The molecule has 1 saturated heterocycles. The predicted octanol–water partition coefficient (Wildman–Crippen LogP) is 2.43. The zero-order valence-corrected chi connectivity index (χ0v) is 12.5. The molecular formula is C14H18BrNO3. The van der Waals surface area contributed by atoms with Crippen LogP contribution in [-0.2, 0) is 16.1 Å². The van der Waals surface area contributed by atoms with Crippen LogP contribution >= 0.6 is 15.9 Å². The third-order valence-corrected chi connectivity index (χ3v) is 4.08. The lowest BCUT2D eigenvalue weighted by molar-refractivity contribution is -0.140. The van der Waals surface area contributed by atoms with E-state index in [2.05, 4.69) is 46.0 Å². The maximum absolute atomic E-state index is 10.9. The number of carboxylic acid groups (broad SMARTS) is 1. The van der Waals surface area contributed by atoms with E-state index in [0.29, 0.717) is 13.2 Å². The van der Waals surface area contributed by atoms with Gasteiger partial charge in [0, 0.05) is 23.6 Å². The van der Waals surface area contributed by atoms with Gasteiger partial charge in [-0.05, 0) is 24.1 Å². The number of benzene rings is 1. The summed E-state index contributed by atoms with van der Waals surface area (Å²) >= 11 is 3.57. The van der Waals surface area contributed by atoms with Gasteiger partial charge in [-0.3, -0.25) is 9.69 Å². The third-order valence-electron chi connectivity index (χ3n) is 3.34. The molecule has 4 nitrogen and oxygen atoms in total. The van der Waals surface area contributed by atoms with Crippen LogP contribution in [0, 0.1) is 6.92 Å². The highest BCUT2D eigenvalue weighted by atomic mass is 79.9. The summed E-state index contributed by atoms with van der Waals surface area (Å²) in [5, 5.41) is 8.95. The average Bonchev–Trinajstić information content (AvgIpc) is 2.34. The highest BCUT2D eigenvalue weighted by Crippen LogP contribution is 2.22. The van der Waals surface area contributed by atoms with E-state index >= 15 is 0 Å². The average molecular weight is 328 g/mol. The van der Waals surface area contributed by atoms with Crippen LogP contribution in [0.3, 0.4) is 0 Å². The van der Waals surface area contributed by atoms with E-state index in [-0.39, 0.29) is 12.5 Å². The normalized spacial score (nSPS) is 20.4. The number of hydrogen-bond acceptors (Lipinski definition) is 3. The summed E-state index contributed by atoms with van der Waals surface area (Å²) in [6.45, 7) is 4.74. The zero-order chi connectivity index (χ0) is 13.8. The Morgan fingerprint density at radius 1 is 1.58 bits per heavy atom. The van der Waals surface area contributed by atoms with Crippen LogP contribution in [0.2, 0.25) is 0 Å². The Morgan fingerprint density at radius 2 is 2.37 bits per heavy atom. The summed E-state index contributed by atoms with van der Waals surface area (Å²) in [6.07, 6.45) is 0.128. The van der Waals surface area contributed by atoms with Crippen LogP contribution in [0.15, 0.2) is 22.7 Å². The van der Waals surface area contributed by atoms with Crippen molar-refractivity contribution in [2.24, 2.45) is 0 Å². The molecular weight excluding hydrogens is 310 g/mol. The molecule has 0 bridgehead atoms. The Kier molecular flexibility index (Phi) is 4.96. The number of hydrogen-bond donors (Lipinski definition) is 1. The standard InChI is InChI=1S/C14H18BrNO3/c1-10-2-3-11(13(15)6-10)8-16-4-5-19-9-12(16)7-14(17)18/h2-3,6,12H,4-5,7-9H2,1H3,(H,17,18). The Morgan fingerprint density at radius 3 is 3.05 bits per heavy atom. The highest BCUT2D eigenvalue weighted by molar-refractivity contribution is 9.10. The van der Waals surface area contributed by atoms with Gasteiger partial charge in [0.25, 0.3) is 0 Å². The minimum Gasteiger partial charge on any atom is -0.481 e. The lowest BCUT2D eigenvalue weighted by Gasteiger charge is -2.35. The van der Waals surface area contributed by atoms with Crippen molar-refractivity contribution >= 4 is 21.9 Å². The third kappa shape index (κ3) is 4.03. The maximum Gasteiger partial charge on any atom is 0.305 e. The molecule has 5 heteroatoms. The molecule has 2 rings (SSSR count). The van der Waals surface area contributed by atoms with Crippen LogP contribution < -0.4 is 0 Å². The number of morpholine rings is 1.